The third kappa shape index (κ3) is 17.9. The number of rotatable bonds is 1. The molecule has 0 radical (unpaired) electrons. The Kier molecular flexibility index (Phi) is 21.9. The first-order valence-corrected chi connectivity index (χ1v) is 16.7. The Morgan fingerprint density at radius 1 is 0.487 bits per heavy atom. The molecule has 2 heteroatoms. The van der Waals surface area contributed by atoms with Crippen LogP contribution in [0, 0.1) is 71.5 Å². The van der Waals surface area contributed by atoms with E-state index in [0.717, 1.165) is 41.4 Å². The van der Waals surface area contributed by atoms with Crippen molar-refractivity contribution in [3.8, 4) is 0 Å². The van der Waals surface area contributed by atoms with Gasteiger partial charge in [0.15, 0.2) is 0 Å². The van der Waals surface area contributed by atoms with Gasteiger partial charge in [0, 0.05) is 0 Å². The molecule has 0 aliphatic heterocycles. The van der Waals surface area contributed by atoms with E-state index in [2.05, 4.69) is 75.2 Å². The molecule has 0 aromatic heterocycles. The molecule has 0 saturated heterocycles. The molecule has 0 heterocycles. The molecule has 2 atom stereocenters. The van der Waals surface area contributed by atoms with E-state index >= 15 is 0 Å². The molecule has 6 aliphatic rings. The van der Waals surface area contributed by atoms with Gasteiger partial charge in [-0.25, -0.2) is 0 Å². The maximum absolute atomic E-state index is 2.59. The van der Waals surface area contributed by atoms with E-state index in [9.17, 15) is 0 Å². The molecular formula is C37H68W2. The molecular weight excluding hydrogens is 812 g/mol. The smallest absolute Gasteiger partial charge is 0.323 e. The molecule has 39 heavy (non-hydrogen) atoms. The molecule has 6 fully saturated rings. The molecule has 0 aromatic carbocycles. The normalized spacial score (nSPS) is 33.5. The Morgan fingerprint density at radius 2 is 0.744 bits per heavy atom. The fourth-order valence-corrected chi connectivity index (χ4v) is 7.90. The van der Waals surface area contributed by atoms with E-state index in [4.69, 9.17) is 0 Å². The van der Waals surface area contributed by atoms with Crippen LogP contribution in [0.2, 0.25) is 0 Å². The van der Waals surface area contributed by atoms with Gasteiger partial charge in [0.25, 0.3) is 0 Å². The third-order valence-corrected chi connectivity index (χ3v) is 9.32. The van der Waals surface area contributed by atoms with Crippen molar-refractivity contribution in [3.05, 3.63) is 24.7 Å². The van der Waals surface area contributed by atoms with Gasteiger partial charge in [-0.05, 0) is 29.6 Å². The minimum atomic E-state index is 0. The number of hydrogen-bond donors (Lipinski definition) is 0. The van der Waals surface area contributed by atoms with Gasteiger partial charge in [-0.3, -0.25) is 0 Å². The maximum Gasteiger partial charge on any atom is 2.00 e. The fraction of sp³-hybridized carbons (Fsp3) is 0.892. The summed E-state index contributed by atoms with van der Waals surface area (Å²) in [4.78, 5) is 0. The van der Waals surface area contributed by atoms with Crippen LogP contribution in [0.3, 0.4) is 0 Å². The second-order valence-corrected chi connectivity index (χ2v) is 15.9. The van der Waals surface area contributed by atoms with Crippen LogP contribution in [0.15, 0.2) is 0 Å². The van der Waals surface area contributed by atoms with E-state index in [1.165, 1.54) is 115 Å². The number of fused-ring (bicyclic) bond motifs is 6. The topological polar surface area (TPSA) is 0 Å². The van der Waals surface area contributed by atoms with E-state index in [-0.39, 0.29) is 42.1 Å². The van der Waals surface area contributed by atoms with Crippen LogP contribution < -0.4 is 0 Å². The zero-order valence-corrected chi connectivity index (χ0v) is 33.7. The molecule has 6 saturated carbocycles. The van der Waals surface area contributed by atoms with E-state index in [0.29, 0.717) is 5.41 Å². The van der Waals surface area contributed by atoms with Crippen LogP contribution in [0.5, 0.6) is 0 Å². The first-order valence-electron chi connectivity index (χ1n) is 16.7. The van der Waals surface area contributed by atoms with Crippen LogP contribution in [0.1, 0.15) is 165 Å². The summed E-state index contributed by atoms with van der Waals surface area (Å²) in [5.74, 6) is 10.3. The first kappa shape index (κ1) is 40.4. The van der Waals surface area contributed by atoms with Crippen LogP contribution in [0.25, 0.3) is 0 Å². The van der Waals surface area contributed by atoms with Crippen LogP contribution in [0.4, 0.5) is 0 Å². The molecule has 0 aromatic rings. The van der Waals surface area contributed by atoms with Crippen molar-refractivity contribution in [2.75, 3.05) is 0 Å². The van der Waals surface area contributed by atoms with Gasteiger partial charge in [-0.1, -0.05) is 117 Å². The van der Waals surface area contributed by atoms with Gasteiger partial charge in [-0.2, -0.15) is 65.2 Å². The molecule has 0 spiro atoms. The molecule has 6 rings (SSSR count). The monoisotopic (exact) mass is 880 g/mol. The molecule has 228 valence electrons. The SMILES string of the molecule is CC(C)(C)CC1C2CCCC1CCC2.C[C-](C)C.C[C-](C)C.[CH-]1C2CCC1CC2.[CH-]1C2CCCC1CC2.[W+2].[W+2]. The van der Waals surface area contributed by atoms with E-state index in [1.807, 2.05) is 0 Å². The predicted octanol–water partition coefficient (Wildman–Crippen LogP) is 12.3. The number of hydrogen-bond acceptors (Lipinski definition) is 0. The Bertz CT molecular complexity index is 511. The summed E-state index contributed by atoms with van der Waals surface area (Å²) in [6, 6.07) is 0. The first-order chi connectivity index (χ1) is 17.4. The van der Waals surface area contributed by atoms with E-state index < -0.39 is 0 Å². The molecule has 0 N–H and O–H groups in total. The van der Waals surface area contributed by atoms with Gasteiger partial charge >= 0.3 is 42.1 Å². The zero-order valence-electron chi connectivity index (χ0n) is 27.8. The van der Waals surface area contributed by atoms with E-state index in [1.54, 1.807) is 0 Å². The second kappa shape index (κ2) is 21.1. The minimum Gasteiger partial charge on any atom is -0.323 e. The zero-order chi connectivity index (χ0) is 27.4. The van der Waals surface area contributed by atoms with Crippen molar-refractivity contribution in [2.45, 2.75) is 165 Å². The average Bonchev–Trinajstić information content (AvgIpc) is 3.51. The van der Waals surface area contributed by atoms with Gasteiger partial charge in [0.2, 0.25) is 0 Å². The maximum atomic E-state index is 2.59. The fourth-order valence-electron chi connectivity index (χ4n) is 7.90. The van der Waals surface area contributed by atoms with Gasteiger partial charge in [-0.15, -0.1) is 0 Å². The summed E-state index contributed by atoms with van der Waals surface area (Å²) in [6.45, 7) is 19.7. The van der Waals surface area contributed by atoms with Gasteiger partial charge < -0.3 is 24.7 Å². The third-order valence-electron chi connectivity index (χ3n) is 9.32. The summed E-state index contributed by atoms with van der Waals surface area (Å²) in [5.41, 5.74) is 0.551. The molecule has 2 unspecified atom stereocenters. The Labute approximate surface area is 277 Å². The Hall–Kier alpha value is 1.38. The molecule has 0 nitrogen and oxygen atoms in total. The summed E-state index contributed by atoms with van der Waals surface area (Å²) < 4.78 is 0. The average molecular weight is 881 g/mol. The van der Waals surface area contributed by atoms with Crippen molar-refractivity contribution < 1.29 is 42.1 Å². The summed E-state index contributed by atoms with van der Waals surface area (Å²) >= 11 is 0. The van der Waals surface area contributed by atoms with Crippen molar-refractivity contribution in [2.24, 2.45) is 46.8 Å². The van der Waals surface area contributed by atoms with Crippen LogP contribution in [-0.4, -0.2) is 0 Å². The predicted molar refractivity (Wildman–Crippen MR) is 167 cm³/mol. The Balaban J connectivity index is 0.000000498. The minimum absolute atomic E-state index is 0. The summed E-state index contributed by atoms with van der Waals surface area (Å²) in [5, 5.41) is 0. The van der Waals surface area contributed by atoms with Crippen molar-refractivity contribution in [1.29, 1.82) is 0 Å². The Morgan fingerprint density at radius 3 is 0.974 bits per heavy atom. The quantitative estimate of drug-likeness (QED) is 0.230. The van der Waals surface area contributed by atoms with Crippen LogP contribution in [-0.2, 0) is 42.1 Å². The van der Waals surface area contributed by atoms with Gasteiger partial charge in [0.1, 0.15) is 0 Å². The van der Waals surface area contributed by atoms with Crippen molar-refractivity contribution in [1.82, 2.24) is 0 Å². The van der Waals surface area contributed by atoms with Crippen molar-refractivity contribution in [3.63, 3.8) is 0 Å². The molecule has 6 bridgehead atoms. The molecule has 0 amide bonds. The standard InChI is InChI=1S/C14H26.C8H13.C7H11.2C4H9.2W/c1-14(2,3)10-13-11-6-4-7-12(13)9-5-8-11;1-2-7-4-5-8(3-1)6-7;1-2-7-4-3-6(1)5-7;2*1-4(2)3;;/h11-13H,4-10H2,1-3H3;6-8H,1-5H2;5-7H,1-4H2;2*1-3H3;;/q;4*-1;2*+2. The van der Waals surface area contributed by atoms with Crippen LogP contribution >= 0.6 is 0 Å². The van der Waals surface area contributed by atoms with Gasteiger partial charge in [0.05, 0.1) is 0 Å². The summed E-state index contributed by atoms with van der Waals surface area (Å²) in [7, 11) is 0. The van der Waals surface area contributed by atoms with Crippen molar-refractivity contribution >= 4 is 0 Å². The summed E-state index contributed by atoms with van der Waals surface area (Å²) in [6.07, 6.45) is 29.3. The largest absolute Gasteiger partial charge is 2.00 e. The molecule has 6 aliphatic carbocycles. The second-order valence-electron chi connectivity index (χ2n) is 15.9.